The van der Waals surface area contributed by atoms with Crippen molar-refractivity contribution in [2.75, 3.05) is 4.43 Å². The highest BCUT2D eigenvalue weighted by Gasteiger charge is 2.64. The molecule has 10 fully saturated rings. The van der Waals surface area contributed by atoms with E-state index >= 15 is 0 Å². The second-order valence-corrected chi connectivity index (χ2v) is 55.6. The first-order valence-electron chi connectivity index (χ1n) is 45.6. The van der Waals surface area contributed by atoms with Crippen LogP contribution < -0.4 is 0 Å². The minimum Gasteiger partial charge on any atom is -0.462 e. The maximum Gasteiger partial charge on any atom is 0.302 e. The molecule has 10 aliphatic rings. The summed E-state index contributed by atoms with van der Waals surface area (Å²) in [7, 11) is -3.43. The molecule has 114 heavy (non-hydrogen) atoms. The second-order valence-electron chi connectivity index (χ2n) is 44.6. The maximum absolute atomic E-state index is 11.4. The first kappa shape index (κ1) is 106. The van der Waals surface area contributed by atoms with Crippen LogP contribution in [0.1, 0.15) is 349 Å². The quantitative estimate of drug-likeness (QED) is 0.0346. The molecule has 0 bridgehead atoms. The lowest BCUT2D eigenvalue weighted by atomic mass is 9.60. The molecule has 10 rings (SSSR count). The van der Waals surface area contributed by atoms with Crippen LogP contribution in [0.5, 0.6) is 0 Å². The smallest absolute Gasteiger partial charge is 0.302 e. The summed E-state index contributed by atoms with van der Waals surface area (Å²) in [6.07, 6.45) is 57.9. The Morgan fingerprint density at radius 3 is 1.16 bits per heavy atom. The molecule has 0 heterocycles. The minimum absolute atomic E-state index is 0. The highest BCUT2D eigenvalue weighted by molar-refractivity contribution is 15.0. The van der Waals surface area contributed by atoms with E-state index in [1.807, 2.05) is 41.5 Å². The van der Waals surface area contributed by atoms with Gasteiger partial charge in [-0.15, -0.1) is 0 Å². The number of allylic oxidation sites excluding steroid dienone is 11. The molecule has 0 aromatic carbocycles. The van der Waals surface area contributed by atoms with Gasteiger partial charge in [0.05, 0.1) is 16.8 Å². The largest absolute Gasteiger partial charge is 0.462 e. The van der Waals surface area contributed by atoms with Crippen LogP contribution in [-0.2, 0) is 18.4 Å². The summed E-state index contributed by atoms with van der Waals surface area (Å²) in [6.45, 7) is 67.5. The third-order valence-electron chi connectivity index (χ3n) is 32.7. The Balaban J connectivity index is 0.000000347. The van der Waals surface area contributed by atoms with Gasteiger partial charge in [0.2, 0.25) is 0 Å². The monoisotopic (exact) mass is 1960 g/mol. The van der Waals surface area contributed by atoms with Gasteiger partial charge in [-0.1, -0.05) is 264 Å². The third kappa shape index (κ3) is 27.7. The van der Waals surface area contributed by atoms with Gasteiger partial charge < -0.3 is 28.9 Å². The molecular weight excluding hydrogens is 1770 g/mol. The van der Waals surface area contributed by atoms with E-state index in [2.05, 4.69) is 284 Å². The Hall–Kier alpha value is -0.186. The van der Waals surface area contributed by atoms with E-state index in [1.54, 1.807) is 22.3 Å². The van der Waals surface area contributed by atoms with Crippen LogP contribution in [0.25, 0.3) is 0 Å². The molecule has 0 radical (unpaired) electrons. The lowest BCUT2D eigenvalue weighted by Gasteiger charge is -2.44. The normalized spacial score (nSPS) is 35.6. The molecule has 10 saturated carbocycles. The van der Waals surface area contributed by atoms with Crippen LogP contribution >= 0.6 is 59.8 Å². The van der Waals surface area contributed by atoms with Crippen molar-refractivity contribution in [1.82, 2.24) is 0 Å². The lowest BCUT2D eigenvalue weighted by molar-refractivity contribution is -0.147. The fraction of sp³-hybridized carbons (Fsp3) is 0.833. The van der Waals surface area contributed by atoms with E-state index in [0.29, 0.717) is 86.2 Å². The Morgan fingerprint density at radius 1 is 0.491 bits per heavy atom. The van der Waals surface area contributed by atoms with Gasteiger partial charge in [-0.3, -0.25) is 4.79 Å². The summed E-state index contributed by atoms with van der Waals surface area (Å²) < 4.78 is 20.6. The number of carbonyl (C=O) groups excluding carboxylic acids is 1. The van der Waals surface area contributed by atoms with Crippen LogP contribution in [0.15, 0.2) is 94.7 Å². The van der Waals surface area contributed by atoms with Crippen molar-refractivity contribution < 1.29 is 33.7 Å². The molecule has 0 amide bonds. The summed E-state index contributed by atoms with van der Waals surface area (Å²) in [5.74, 6) is 9.25. The summed E-state index contributed by atoms with van der Waals surface area (Å²) in [5, 5.41) is 31.6. The highest BCUT2D eigenvalue weighted by Crippen LogP contribution is 2.70. The Morgan fingerprint density at radius 2 is 0.816 bits per heavy atom. The fourth-order valence-electron chi connectivity index (χ4n) is 22.9. The van der Waals surface area contributed by atoms with E-state index in [1.165, 1.54) is 145 Å². The number of hydrogen-bond acceptors (Lipinski definition) is 7. The molecule has 7 nitrogen and oxygen atoms in total. The van der Waals surface area contributed by atoms with Gasteiger partial charge in [0, 0.05) is 80.5 Å². The zero-order chi connectivity index (χ0) is 84.5. The number of alkyl halides is 1. The van der Waals surface area contributed by atoms with Crippen LogP contribution in [0.3, 0.4) is 0 Å². The summed E-state index contributed by atoms with van der Waals surface area (Å²) in [5.41, 5.74) is 7.94. The number of fused-ring (bicyclic) bond motifs is 4. The fourth-order valence-corrected chi connectivity index (χ4v) is 25.6. The van der Waals surface area contributed by atoms with Gasteiger partial charge in [-0.05, 0) is 329 Å². The minimum atomic E-state index is -1.74. The summed E-state index contributed by atoms with van der Waals surface area (Å²) in [4.78, 5) is 11.4. The maximum atomic E-state index is 11.4. The first-order chi connectivity index (χ1) is 51.7. The van der Waals surface area contributed by atoms with E-state index in [4.69, 9.17) is 13.6 Å². The Kier molecular flexibility index (Phi) is 40.6. The lowest BCUT2D eigenvalue weighted by Crippen LogP contribution is -2.45. The molecule has 23 atom stereocenters. The molecule has 1 unspecified atom stereocenters. The van der Waals surface area contributed by atoms with Crippen molar-refractivity contribution >= 4 is 82.4 Å². The number of hydrogen-bond donors (Lipinski definition) is 3. The number of ether oxygens (including phenoxy) is 1. The van der Waals surface area contributed by atoms with Crippen molar-refractivity contribution in [2.45, 2.75) is 420 Å². The average Bonchev–Trinajstić information content (AvgIpc) is 1.55. The molecule has 12 heteroatoms. The predicted octanol–water partition coefficient (Wildman–Crippen LogP) is 31.3. The molecule has 0 saturated heterocycles. The molecule has 0 aliphatic heterocycles. The number of aliphatic hydroxyl groups is 3. The van der Waals surface area contributed by atoms with Gasteiger partial charge in [0.15, 0.2) is 16.6 Å². The number of halogens is 3. The topological polar surface area (TPSA) is 105 Å². The van der Waals surface area contributed by atoms with Gasteiger partial charge in [-0.25, -0.2) is 0 Å². The third-order valence-corrected chi connectivity index (χ3v) is 41.8. The van der Waals surface area contributed by atoms with E-state index in [-0.39, 0.29) is 49.7 Å². The molecule has 0 aromatic rings. The Labute approximate surface area is 745 Å². The standard InChI is InChI=1S/2C34H60O2Si.C30H48O3.C2H5I.2CH4.I2/c1-23(14-15-24(2)32(7,8)35)29-16-17-30-26(13-12-18-33(29,30)9)19-25(3)34-21-27(34)20-28(22-34)36-37(10,11)31(4,5)6;1-24-21-27(23-29(22-24)36-37(10,11)32(4,5)6)16-17-28-13-12-20-34(9)30(18-19-31(28)34)25(2)14-15-26(3)33(7,8)35;1-20-17-24(19-26(18-20)33-23(4)31)12-13-25-9-8-16-30(7)27(14-15-28(25)30)21(2)10-11-22(3)29(5,6)32;1-2-3;;;1-2/h14-15,19,23-25,27-30,35H,12-13,16-18,20-22H2,1-11H3;14-17,24-26,29-31,35H,12-13,18-23H2,1-11H3;10-13,20-22,26-28,32H,8-9,14-19H2,1-7H3;2H2,1H3;2*1H4;/b15-14+,26-19+;15-14+,27-16-,28-17+;11-10+,24-12-,25-13+;;;;/t23-,24+,25-,27?,28+,29-,30+,33-,34-;24-,25-,26+,29+,30-,31+,34-;20-,21-,22+,26+,27-,28+,30-;;;;/m111..../s1. The van der Waals surface area contributed by atoms with E-state index in [9.17, 15) is 20.1 Å². The van der Waals surface area contributed by atoms with Crippen molar-refractivity contribution in [3.8, 4) is 0 Å². The Bertz CT molecular complexity index is 3250. The van der Waals surface area contributed by atoms with Crippen molar-refractivity contribution in [3.63, 3.8) is 0 Å². The van der Waals surface area contributed by atoms with Gasteiger partial charge in [-0.2, -0.15) is 0 Å². The van der Waals surface area contributed by atoms with Crippen molar-refractivity contribution in [1.29, 1.82) is 0 Å². The molecule has 10 aliphatic carbocycles. The average molecular weight is 1960 g/mol. The molecule has 660 valence electrons. The first-order valence-corrected chi connectivity index (χ1v) is 59.2. The highest BCUT2D eigenvalue weighted by atomic mass is 128. The predicted molar refractivity (Wildman–Crippen MR) is 527 cm³/mol. The van der Waals surface area contributed by atoms with Crippen LogP contribution in [0.4, 0.5) is 0 Å². The second kappa shape index (κ2) is 43.6. The number of carbonyl (C=O) groups is 1. The van der Waals surface area contributed by atoms with Crippen LogP contribution in [0, 0.1) is 116 Å². The van der Waals surface area contributed by atoms with E-state index < -0.39 is 33.4 Å². The molecule has 3 N–H and O–H groups in total. The van der Waals surface area contributed by atoms with Gasteiger partial charge in [0.1, 0.15) is 6.10 Å². The SMILES string of the molecule is C.C.CC(=O)O[C@@H]1C/C(=C\C=C2/CCC[C@]3(C)[C@@H]([C@H](C)/C=C/[C@H](C)C(C)(C)O)CC[C@@H]23)C[C@@H](C)C1.CCI.C[C@@H]1C/C(=C/C=C2\CCC[C@]3(C)[C@@H]([C@H](C)/C=C/[C@H](C)C(C)(C)O)CC[C@@H]23)C[C@@H](O[Si](C)(C)C(C)(C)C)C1.C[C@H](/C=C/[C@H](C)C(C)(C)O)[C@H]1CC[C@H]2/C(=C/[C@@H](C)[C@]34CC3C[C@H](O[Si](C)(C)C(C)(C)C)C4)CCC[C@]12C.II. The van der Waals surface area contributed by atoms with Crippen LogP contribution in [0.2, 0.25) is 36.3 Å². The van der Waals surface area contributed by atoms with E-state index in [0.717, 1.165) is 55.3 Å². The molecular formula is C102H181I3O7Si2. The van der Waals surface area contributed by atoms with Gasteiger partial charge in [0.25, 0.3) is 0 Å². The number of esters is 1. The van der Waals surface area contributed by atoms with Crippen molar-refractivity contribution in [3.05, 3.63) is 94.7 Å². The van der Waals surface area contributed by atoms with Crippen LogP contribution in [-0.4, -0.2) is 77.5 Å². The molecule has 0 aromatic heterocycles. The zero-order valence-corrected chi connectivity index (χ0v) is 86.1. The zero-order valence-electron chi connectivity index (χ0n) is 77.6. The summed E-state index contributed by atoms with van der Waals surface area (Å²) in [6, 6.07) is 0. The van der Waals surface area contributed by atoms with Gasteiger partial charge >= 0.3 is 5.97 Å². The summed E-state index contributed by atoms with van der Waals surface area (Å²) >= 11 is 6.53. The van der Waals surface area contributed by atoms with Crippen molar-refractivity contribution in [2.24, 2.45) is 116 Å². The molecule has 0 spiro atoms. The number of rotatable bonds is 21.